The van der Waals surface area contributed by atoms with E-state index in [1.165, 1.54) is 12.8 Å². The molecule has 1 aromatic carbocycles. The van der Waals surface area contributed by atoms with Crippen LogP contribution < -0.4 is 5.73 Å². The fourth-order valence-electron chi connectivity index (χ4n) is 2.78. The minimum atomic E-state index is -0.0882. The van der Waals surface area contributed by atoms with Gasteiger partial charge in [-0.25, -0.2) is 4.39 Å². The largest absolute Gasteiger partial charge is 0.330 e. The van der Waals surface area contributed by atoms with Gasteiger partial charge in [0.1, 0.15) is 5.82 Å². The van der Waals surface area contributed by atoms with Crippen molar-refractivity contribution in [2.24, 2.45) is 5.73 Å². The van der Waals surface area contributed by atoms with Crippen LogP contribution in [0.25, 0.3) is 0 Å². The Kier molecular flexibility index (Phi) is 3.02. The molecule has 0 saturated heterocycles. The van der Waals surface area contributed by atoms with Crippen molar-refractivity contribution in [2.45, 2.75) is 44.9 Å². The molecule has 0 unspecified atom stereocenters. The Morgan fingerprint density at radius 3 is 2.38 bits per heavy atom. The number of benzene rings is 1. The van der Waals surface area contributed by atoms with Gasteiger partial charge in [0.25, 0.3) is 0 Å². The van der Waals surface area contributed by atoms with Crippen LogP contribution in [0.5, 0.6) is 0 Å². The Labute approximate surface area is 96.9 Å². The standard InChI is InChI=1S/C14H20FN/c1-10-7-12(8-13(15)11(10)2)14(9-16)5-3-4-6-14/h7-8H,3-6,9,16H2,1-2H3. The maximum atomic E-state index is 13.8. The predicted molar refractivity (Wildman–Crippen MR) is 65.1 cm³/mol. The molecular weight excluding hydrogens is 201 g/mol. The van der Waals surface area contributed by atoms with E-state index in [1.807, 2.05) is 13.8 Å². The highest BCUT2D eigenvalue weighted by atomic mass is 19.1. The Morgan fingerprint density at radius 1 is 1.25 bits per heavy atom. The van der Waals surface area contributed by atoms with Gasteiger partial charge in [0, 0.05) is 12.0 Å². The van der Waals surface area contributed by atoms with Crippen LogP contribution in [0.2, 0.25) is 0 Å². The molecular formula is C14H20FN. The molecule has 16 heavy (non-hydrogen) atoms. The van der Waals surface area contributed by atoms with Gasteiger partial charge in [0.15, 0.2) is 0 Å². The topological polar surface area (TPSA) is 26.0 Å². The maximum Gasteiger partial charge on any atom is 0.126 e. The molecule has 1 fully saturated rings. The predicted octanol–water partition coefficient (Wildman–Crippen LogP) is 3.21. The lowest BCUT2D eigenvalue weighted by Gasteiger charge is -2.28. The van der Waals surface area contributed by atoms with E-state index in [2.05, 4.69) is 6.07 Å². The number of nitrogens with two attached hydrogens (primary N) is 1. The molecule has 2 rings (SSSR count). The molecule has 2 heteroatoms. The summed E-state index contributed by atoms with van der Waals surface area (Å²) in [6.07, 6.45) is 4.63. The molecule has 1 aliphatic rings. The molecule has 0 radical (unpaired) electrons. The Balaban J connectivity index is 2.47. The molecule has 0 aromatic heterocycles. The quantitative estimate of drug-likeness (QED) is 0.815. The van der Waals surface area contributed by atoms with E-state index in [1.54, 1.807) is 6.07 Å². The van der Waals surface area contributed by atoms with Crippen LogP contribution in [0.15, 0.2) is 12.1 Å². The number of hydrogen-bond donors (Lipinski definition) is 1. The summed E-state index contributed by atoms with van der Waals surface area (Å²) in [4.78, 5) is 0. The zero-order valence-electron chi connectivity index (χ0n) is 10.1. The normalized spacial score (nSPS) is 19.0. The Bertz CT molecular complexity index is 369. The summed E-state index contributed by atoms with van der Waals surface area (Å²) in [5.41, 5.74) is 8.86. The summed E-state index contributed by atoms with van der Waals surface area (Å²) in [6, 6.07) is 3.82. The van der Waals surface area contributed by atoms with E-state index in [4.69, 9.17) is 5.73 Å². The number of rotatable bonds is 2. The molecule has 1 saturated carbocycles. The highest BCUT2D eigenvalue weighted by Crippen LogP contribution is 2.41. The molecule has 1 nitrogen and oxygen atoms in total. The van der Waals surface area contributed by atoms with Crippen LogP contribution in [-0.4, -0.2) is 6.54 Å². The van der Waals surface area contributed by atoms with Crippen molar-refractivity contribution in [2.75, 3.05) is 6.54 Å². The van der Waals surface area contributed by atoms with Crippen molar-refractivity contribution in [1.29, 1.82) is 0 Å². The summed E-state index contributed by atoms with van der Waals surface area (Å²) >= 11 is 0. The van der Waals surface area contributed by atoms with Crippen LogP contribution in [0.3, 0.4) is 0 Å². The fraction of sp³-hybridized carbons (Fsp3) is 0.571. The molecule has 0 heterocycles. The van der Waals surface area contributed by atoms with Gasteiger partial charge >= 0.3 is 0 Å². The molecule has 2 N–H and O–H groups in total. The van der Waals surface area contributed by atoms with Crippen molar-refractivity contribution in [1.82, 2.24) is 0 Å². The molecule has 0 aliphatic heterocycles. The third-order valence-corrected chi connectivity index (χ3v) is 4.17. The van der Waals surface area contributed by atoms with Gasteiger partial charge in [-0.05, 0) is 49.4 Å². The summed E-state index contributed by atoms with van der Waals surface area (Å²) in [6.45, 7) is 4.44. The van der Waals surface area contributed by atoms with Crippen molar-refractivity contribution < 1.29 is 4.39 Å². The van der Waals surface area contributed by atoms with Crippen LogP contribution >= 0.6 is 0 Å². The number of halogens is 1. The van der Waals surface area contributed by atoms with Crippen molar-refractivity contribution >= 4 is 0 Å². The van der Waals surface area contributed by atoms with Gasteiger partial charge in [0.05, 0.1) is 0 Å². The van der Waals surface area contributed by atoms with Crippen LogP contribution in [0.4, 0.5) is 4.39 Å². The van der Waals surface area contributed by atoms with E-state index in [9.17, 15) is 4.39 Å². The van der Waals surface area contributed by atoms with E-state index >= 15 is 0 Å². The first-order valence-electron chi connectivity index (χ1n) is 6.06. The average molecular weight is 221 g/mol. The second-order valence-electron chi connectivity index (χ2n) is 5.09. The van der Waals surface area contributed by atoms with E-state index in [-0.39, 0.29) is 11.2 Å². The highest BCUT2D eigenvalue weighted by molar-refractivity contribution is 5.36. The van der Waals surface area contributed by atoms with E-state index < -0.39 is 0 Å². The minimum Gasteiger partial charge on any atom is -0.330 e. The van der Waals surface area contributed by atoms with Crippen molar-refractivity contribution in [3.8, 4) is 0 Å². The van der Waals surface area contributed by atoms with Gasteiger partial charge in [-0.2, -0.15) is 0 Å². The molecule has 0 atom stereocenters. The smallest absolute Gasteiger partial charge is 0.126 e. The monoisotopic (exact) mass is 221 g/mol. The molecule has 88 valence electrons. The lowest BCUT2D eigenvalue weighted by molar-refractivity contribution is 0.449. The molecule has 1 aromatic rings. The maximum absolute atomic E-state index is 13.8. The summed E-state index contributed by atoms with van der Waals surface area (Å²) < 4.78 is 13.8. The van der Waals surface area contributed by atoms with Gasteiger partial charge in [-0.3, -0.25) is 0 Å². The number of aryl methyl sites for hydroxylation is 1. The van der Waals surface area contributed by atoms with Gasteiger partial charge in [-0.1, -0.05) is 18.9 Å². The summed E-state index contributed by atoms with van der Waals surface area (Å²) in [5.74, 6) is -0.0882. The Morgan fingerprint density at radius 2 is 1.88 bits per heavy atom. The van der Waals surface area contributed by atoms with Gasteiger partial charge in [-0.15, -0.1) is 0 Å². The van der Waals surface area contributed by atoms with Gasteiger partial charge < -0.3 is 5.73 Å². The Hall–Kier alpha value is -0.890. The van der Waals surface area contributed by atoms with E-state index in [0.717, 1.165) is 29.5 Å². The number of hydrogen-bond acceptors (Lipinski definition) is 1. The molecule has 0 spiro atoms. The van der Waals surface area contributed by atoms with Crippen LogP contribution in [0, 0.1) is 19.7 Å². The lowest BCUT2D eigenvalue weighted by Crippen LogP contribution is -2.32. The first-order valence-corrected chi connectivity index (χ1v) is 6.06. The molecule has 0 bridgehead atoms. The van der Waals surface area contributed by atoms with Crippen LogP contribution in [-0.2, 0) is 5.41 Å². The highest BCUT2D eigenvalue weighted by Gasteiger charge is 2.34. The third-order valence-electron chi connectivity index (χ3n) is 4.17. The fourth-order valence-corrected chi connectivity index (χ4v) is 2.78. The summed E-state index contributed by atoms with van der Waals surface area (Å²) in [7, 11) is 0. The average Bonchev–Trinajstić information content (AvgIpc) is 2.75. The van der Waals surface area contributed by atoms with Crippen molar-refractivity contribution in [3.05, 3.63) is 34.6 Å². The third kappa shape index (κ3) is 1.75. The molecule has 1 aliphatic carbocycles. The second kappa shape index (κ2) is 4.17. The second-order valence-corrected chi connectivity index (χ2v) is 5.09. The molecule has 0 amide bonds. The van der Waals surface area contributed by atoms with Crippen LogP contribution in [0.1, 0.15) is 42.4 Å². The zero-order valence-corrected chi connectivity index (χ0v) is 10.1. The first-order chi connectivity index (χ1) is 7.59. The van der Waals surface area contributed by atoms with Gasteiger partial charge in [0.2, 0.25) is 0 Å². The minimum absolute atomic E-state index is 0.0410. The summed E-state index contributed by atoms with van der Waals surface area (Å²) in [5, 5.41) is 0. The SMILES string of the molecule is Cc1cc(C2(CN)CCCC2)cc(F)c1C. The lowest BCUT2D eigenvalue weighted by atomic mass is 9.78. The van der Waals surface area contributed by atoms with E-state index in [0.29, 0.717) is 6.54 Å². The van der Waals surface area contributed by atoms with Crippen molar-refractivity contribution in [3.63, 3.8) is 0 Å². The first kappa shape index (κ1) is 11.6. The zero-order chi connectivity index (χ0) is 11.8.